The molecule has 3 aromatic rings. The topological polar surface area (TPSA) is 100.0 Å². The molecule has 8 nitrogen and oxygen atoms in total. The third-order valence-corrected chi connectivity index (χ3v) is 5.46. The molecular weight excluding hydrogens is 426 g/mol. The van der Waals surface area contributed by atoms with Crippen LogP contribution < -0.4 is 21.5 Å². The summed E-state index contributed by atoms with van der Waals surface area (Å²) in [4.78, 5) is 18.4. The Hall–Kier alpha value is -3.49. The first-order valence-electron chi connectivity index (χ1n) is 9.36. The Balaban J connectivity index is 1.46. The van der Waals surface area contributed by atoms with Crippen LogP contribution in [0.15, 0.2) is 47.2 Å². The van der Waals surface area contributed by atoms with E-state index in [-0.39, 0.29) is 25.2 Å². The van der Waals surface area contributed by atoms with Crippen LogP contribution in [-0.2, 0) is 13.1 Å². The molecule has 0 atom stereocenters. The monoisotopic (exact) mass is 444 g/mol. The molecule has 160 valence electrons. The Labute approximate surface area is 180 Å². The van der Waals surface area contributed by atoms with Gasteiger partial charge in [0.2, 0.25) is 0 Å². The van der Waals surface area contributed by atoms with Gasteiger partial charge in [-0.25, -0.2) is 14.5 Å². The van der Waals surface area contributed by atoms with Crippen LogP contribution in [0.3, 0.4) is 0 Å². The van der Waals surface area contributed by atoms with E-state index in [1.54, 1.807) is 6.20 Å². The smallest absolute Gasteiger partial charge is 0.346 e. The fraction of sp³-hybridized carbons (Fsp3) is 0.250. The summed E-state index contributed by atoms with van der Waals surface area (Å²) < 4.78 is 33.4. The summed E-state index contributed by atoms with van der Waals surface area (Å²) in [5, 5.41) is 7.05. The first-order valence-corrected chi connectivity index (χ1v) is 10.2. The molecule has 0 spiro atoms. The van der Waals surface area contributed by atoms with Crippen LogP contribution in [0.25, 0.3) is 0 Å². The maximum Gasteiger partial charge on any atom is 0.346 e. The predicted octanol–water partition coefficient (Wildman–Crippen LogP) is 1.86. The number of thiophene rings is 1. The van der Waals surface area contributed by atoms with Gasteiger partial charge in [-0.3, -0.25) is 4.57 Å². The van der Waals surface area contributed by atoms with Gasteiger partial charge in [0.15, 0.2) is 11.6 Å². The van der Waals surface area contributed by atoms with Crippen molar-refractivity contribution in [1.82, 2.24) is 19.3 Å². The van der Waals surface area contributed by atoms with Crippen molar-refractivity contribution >= 4 is 17.2 Å². The van der Waals surface area contributed by atoms with Crippen molar-refractivity contribution in [3.63, 3.8) is 0 Å². The van der Waals surface area contributed by atoms with E-state index < -0.39 is 11.8 Å². The van der Waals surface area contributed by atoms with Crippen molar-refractivity contribution in [2.75, 3.05) is 25.0 Å². The molecule has 0 radical (unpaired) electrons. The number of hydrogen-bond acceptors (Lipinski definition) is 7. The van der Waals surface area contributed by atoms with Crippen LogP contribution in [-0.4, -0.2) is 39.0 Å². The summed E-state index contributed by atoms with van der Waals surface area (Å²) in [5.74, 6) is 7.54. The van der Waals surface area contributed by atoms with Gasteiger partial charge in [0.05, 0.1) is 24.5 Å². The average molecular weight is 444 g/mol. The highest BCUT2D eigenvalue weighted by molar-refractivity contribution is 7.12. The zero-order chi connectivity index (χ0) is 21.8. The number of nitrogens with zero attached hydrogens (tertiary/aromatic N) is 4. The molecule has 11 heteroatoms. The zero-order valence-electron chi connectivity index (χ0n) is 16.3. The van der Waals surface area contributed by atoms with Gasteiger partial charge < -0.3 is 15.8 Å². The fourth-order valence-corrected chi connectivity index (χ4v) is 3.75. The van der Waals surface area contributed by atoms with E-state index in [4.69, 9.17) is 10.5 Å². The Morgan fingerprint density at radius 1 is 1.35 bits per heavy atom. The third-order valence-electron chi connectivity index (χ3n) is 4.47. The molecule has 0 saturated heterocycles. The van der Waals surface area contributed by atoms with Crippen molar-refractivity contribution in [2.45, 2.75) is 13.1 Å². The minimum Gasteiger partial charge on any atom is -0.488 e. The Kier molecular flexibility index (Phi) is 6.11. The molecule has 31 heavy (non-hydrogen) atoms. The van der Waals surface area contributed by atoms with Gasteiger partial charge in [-0.05, 0) is 12.1 Å². The number of fused-ring (bicyclic) bond motifs is 1. The molecular formula is C20H18F2N6O2S. The lowest BCUT2D eigenvalue weighted by Crippen LogP contribution is -2.27. The maximum atomic E-state index is 12.8. The fourth-order valence-electron chi connectivity index (χ4n) is 2.89. The van der Waals surface area contributed by atoms with Gasteiger partial charge in [-0.2, -0.15) is 13.9 Å². The number of nitrogens with one attached hydrogen (secondary N) is 1. The molecule has 1 aliphatic rings. The van der Waals surface area contributed by atoms with Crippen molar-refractivity contribution < 1.29 is 13.5 Å². The van der Waals surface area contributed by atoms with E-state index in [1.807, 2.05) is 18.2 Å². The molecule has 3 N–H and O–H groups in total. The molecule has 4 heterocycles. The predicted molar refractivity (Wildman–Crippen MR) is 112 cm³/mol. The van der Waals surface area contributed by atoms with Crippen LogP contribution in [0.2, 0.25) is 0 Å². The summed E-state index contributed by atoms with van der Waals surface area (Å²) in [6, 6.07) is 5.57. The van der Waals surface area contributed by atoms with Gasteiger partial charge in [0, 0.05) is 34.8 Å². The quantitative estimate of drug-likeness (QED) is 0.583. The van der Waals surface area contributed by atoms with E-state index in [9.17, 15) is 13.6 Å². The highest BCUT2D eigenvalue weighted by atomic mass is 32.1. The average Bonchev–Trinajstić information content (AvgIpc) is 3.37. The summed E-state index contributed by atoms with van der Waals surface area (Å²) in [7, 11) is 0. The SMILES string of the molecule is NCC(Cn1ncn(Cc2ccc(C#Cc3cnc4c(c3)OCCN4)s2)c1=O)=C(F)F. The van der Waals surface area contributed by atoms with Crippen molar-refractivity contribution in [3.05, 3.63) is 68.2 Å². The number of aromatic nitrogens is 4. The number of anilines is 1. The van der Waals surface area contributed by atoms with Crippen LogP contribution >= 0.6 is 11.3 Å². The lowest BCUT2D eigenvalue weighted by atomic mass is 10.2. The summed E-state index contributed by atoms with van der Waals surface area (Å²) in [5.41, 5.74) is 5.23. The molecule has 1 aliphatic heterocycles. The minimum absolute atomic E-state index is 0.269. The highest BCUT2D eigenvalue weighted by Gasteiger charge is 2.12. The summed E-state index contributed by atoms with van der Waals surface area (Å²) in [6.07, 6.45) is 1.12. The van der Waals surface area contributed by atoms with E-state index in [0.717, 1.165) is 26.5 Å². The second kappa shape index (κ2) is 9.11. The first-order chi connectivity index (χ1) is 15.0. The van der Waals surface area contributed by atoms with Crippen molar-refractivity contribution in [2.24, 2.45) is 5.73 Å². The van der Waals surface area contributed by atoms with E-state index in [1.165, 1.54) is 22.2 Å². The number of halogens is 2. The van der Waals surface area contributed by atoms with E-state index >= 15 is 0 Å². The largest absolute Gasteiger partial charge is 0.488 e. The molecule has 0 fully saturated rings. The number of nitrogens with two attached hydrogens (primary N) is 1. The molecule has 0 amide bonds. The van der Waals surface area contributed by atoms with E-state index in [0.29, 0.717) is 18.2 Å². The van der Waals surface area contributed by atoms with Gasteiger partial charge in [-0.15, -0.1) is 11.3 Å². The molecule has 3 aromatic heterocycles. The van der Waals surface area contributed by atoms with E-state index in [2.05, 4.69) is 27.2 Å². The Bertz CT molecular complexity index is 1250. The molecule has 0 aromatic carbocycles. The molecule has 4 rings (SSSR count). The van der Waals surface area contributed by atoms with Gasteiger partial charge in [0.1, 0.15) is 12.9 Å². The summed E-state index contributed by atoms with van der Waals surface area (Å²) >= 11 is 1.43. The van der Waals surface area contributed by atoms with Crippen LogP contribution in [0.4, 0.5) is 14.6 Å². The number of rotatable bonds is 5. The van der Waals surface area contributed by atoms with Crippen molar-refractivity contribution in [1.29, 1.82) is 0 Å². The van der Waals surface area contributed by atoms with Gasteiger partial charge >= 0.3 is 5.69 Å². The van der Waals surface area contributed by atoms with Crippen LogP contribution in [0.5, 0.6) is 5.75 Å². The maximum absolute atomic E-state index is 12.8. The number of ether oxygens (including phenoxy) is 1. The lowest BCUT2D eigenvalue weighted by molar-refractivity contribution is 0.321. The number of hydrogen-bond donors (Lipinski definition) is 2. The highest BCUT2D eigenvalue weighted by Crippen LogP contribution is 2.25. The Morgan fingerprint density at radius 3 is 3.03 bits per heavy atom. The van der Waals surface area contributed by atoms with Crippen LogP contribution in [0, 0.1) is 11.8 Å². The second-order valence-electron chi connectivity index (χ2n) is 6.63. The number of pyridine rings is 1. The molecule has 0 unspecified atom stereocenters. The standard InChI is InChI=1S/C20H18F2N6O2S/c21-18(22)14(8-23)10-28-20(29)27(12-26-28)11-16-4-3-15(31-16)2-1-13-7-17-19(25-9-13)24-5-6-30-17/h3-4,7,9,12H,5-6,8,10-11,23H2,(H,24,25). The first kappa shape index (κ1) is 20.8. The summed E-state index contributed by atoms with van der Waals surface area (Å²) in [6.45, 7) is 0.909. The van der Waals surface area contributed by atoms with Gasteiger partial charge in [-0.1, -0.05) is 11.8 Å². The Morgan fingerprint density at radius 2 is 2.23 bits per heavy atom. The third kappa shape index (κ3) is 4.82. The molecule has 0 bridgehead atoms. The van der Waals surface area contributed by atoms with Gasteiger partial charge in [0.25, 0.3) is 6.08 Å². The molecule has 0 aliphatic carbocycles. The molecule has 0 saturated carbocycles. The second-order valence-corrected chi connectivity index (χ2v) is 7.80. The normalized spacial score (nSPS) is 12.2. The zero-order valence-corrected chi connectivity index (χ0v) is 17.1. The lowest BCUT2D eigenvalue weighted by Gasteiger charge is -2.17. The van der Waals surface area contributed by atoms with Crippen LogP contribution in [0.1, 0.15) is 15.3 Å². The van der Waals surface area contributed by atoms with Crippen molar-refractivity contribution in [3.8, 4) is 17.6 Å². The minimum atomic E-state index is -1.89.